The summed E-state index contributed by atoms with van der Waals surface area (Å²) in [6.45, 7) is 1.73. The minimum Gasteiger partial charge on any atom is -0.207 e. The summed E-state index contributed by atoms with van der Waals surface area (Å²) >= 11 is 15.5. The molecule has 4 heteroatoms. The molecule has 18 heavy (non-hydrogen) atoms. The van der Waals surface area contributed by atoms with E-state index in [1.807, 2.05) is 12.1 Å². The molecule has 0 heterocycles. The van der Waals surface area contributed by atoms with Gasteiger partial charge in [-0.3, -0.25) is 0 Å². The number of alkyl halides is 1. The fraction of sp³-hybridized carbons (Fsp3) is 0.143. The molecule has 0 nitrogen and oxygen atoms in total. The van der Waals surface area contributed by atoms with Gasteiger partial charge in [0.1, 0.15) is 5.82 Å². The Labute approximate surface area is 124 Å². The summed E-state index contributed by atoms with van der Waals surface area (Å²) in [5.74, 6) is -0.220. The lowest BCUT2D eigenvalue weighted by atomic mass is 10.0. The summed E-state index contributed by atoms with van der Waals surface area (Å²) in [7, 11) is 0. The molecule has 1 unspecified atom stereocenters. The average molecular weight is 348 g/mol. The predicted octanol–water partition coefficient (Wildman–Crippen LogP) is 5.93. The lowest BCUT2D eigenvalue weighted by Crippen LogP contribution is -1.95. The van der Waals surface area contributed by atoms with E-state index in [0.717, 1.165) is 11.1 Å². The number of benzene rings is 2. The molecule has 0 bridgehead atoms. The van der Waals surface area contributed by atoms with Crippen molar-refractivity contribution in [3.05, 3.63) is 69.0 Å². The highest BCUT2D eigenvalue weighted by molar-refractivity contribution is 9.09. The molecule has 94 valence electrons. The van der Waals surface area contributed by atoms with Crippen LogP contribution in [0, 0.1) is 12.7 Å². The third kappa shape index (κ3) is 2.87. The number of hydrogen-bond donors (Lipinski definition) is 0. The molecule has 0 amide bonds. The van der Waals surface area contributed by atoms with Gasteiger partial charge < -0.3 is 0 Å². The van der Waals surface area contributed by atoms with E-state index in [4.69, 9.17) is 23.2 Å². The van der Waals surface area contributed by atoms with Crippen molar-refractivity contribution in [3.8, 4) is 0 Å². The summed E-state index contributed by atoms with van der Waals surface area (Å²) in [4.78, 5) is -0.155. The van der Waals surface area contributed by atoms with Gasteiger partial charge in [0.05, 0.1) is 4.83 Å². The molecule has 0 aromatic heterocycles. The first-order valence-electron chi connectivity index (χ1n) is 5.34. The Hall–Kier alpha value is -0.570. The molecule has 2 aromatic rings. The van der Waals surface area contributed by atoms with Crippen molar-refractivity contribution < 1.29 is 4.39 Å². The van der Waals surface area contributed by atoms with Crippen LogP contribution in [0.25, 0.3) is 0 Å². The first-order chi connectivity index (χ1) is 8.49. The van der Waals surface area contributed by atoms with Gasteiger partial charge in [-0.25, -0.2) is 4.39 Å². The molecule has 0 aliphatic rings. The van der Waals surface area contributed by atoms with Crippen molar-refractivity contribution in [2.45, 2.75) is 11.8 Å². The number of aryl methyl sites for hydroxylation is 1. The third-order valence-corrected chi connectivity index (χ3v) is 4.31. The van der Waals surface area contributed by atoms with E-state index in [2.05, 4.69) is 15.9 Å². The molecule has 0 spiro atoms. The van der Waals surface area contributed by atoms with Crippen LogP contribution in [-0.2, 0) is 0 Å². The molecule has 0 radical (unpaired) electrons. The lowest BCUT2D eigenvalue weighted by molar-refractivity contribution is 0.616. The maximum absolute atomic E-state index is 13.5. The Balaban J connectivity index is 2.41. The monoisotopic (exact) mass is 346 g/mol. The zero-order valence-electron chi connectivity index (χ0n) is 9.55. The van der Waals surface area contributed by atoms with Gasteiger partial charge in [-0.2, -0.15) is 0 Å². The van der Waals surface area contributed by atoms with Gasteiger partial charge in [0.15, 0.2) is 0 Å². The van der Waals surface area contributed by atoms with Crippen LogP contribution in [0.15, 0.2) is 36.4 Å². The molecule has 0 fully saturated rings. The van der Waals surface area contributed by atoms with Gasteiger partial charge in [0.25, 0.3) is 0 Å². The molecule has 2 rings (SSSR count). The number of rotatable bonds is 2. The second kappa shape index (κ2) is 5.60. The van der Waals surface area contributed by atoms with Crippen LogP contribution in [0.1, 0.15) is 21.5 Å². The van der Waals surface area contributed by atoms with E-state index >= 15 is 0 Å². The van der Waals surface area contributed by atoms with Crippen molar-refractivity contribution in [1.82, 2.24) is 0 Å². The highest BCUT2D eigenvalue weighted by atomic mass is 79.9. The van der Waals surface area contributed by atoms with Crippen LogP contribution in [0.3, 0.4) is 0 Å². The Morgan fingerprint density at radius 1 is 1.11 bits per heavy atom. The largest absolute Gasteiger partial charge is 0.207 e. The van der Waals surface area contributed by atoms with Gasteiger partial charge in [-0.15, -0.1) is 0 Å². The summed E-state index contributed by atoms with van der Waals surface area (Å²) in [6, 6.07) is 10.4. The van der Waals surface area contributed by atoms with E-state index in [1.165, 1.54) is 6.07 Å². The molecule has 0 N–H and O–H groups in total. The smallest absolute Gasteiger partial charge is 0.126 e. The summed E-state index contributed by atoms with van der Waals surface area (Å²) in [5.41, 5.74) is 2.31. The summed E-state index contributed by atoms with van der Waals surface area (Å²) in [5, 5.41) is 1.14. The molecule has 0 saturated heterocycles. The lowest BCUT2D eigenvalue weighted by Gasteiger charge is -2.13. The summed E-state index contributed by atoms with van der Waals surface area (Å²) in [6.07, 6.45) is 0. The van der Waals surface area contributed by atoms with Crippen LogP contribution >= 0.6 is 39.1 Å². The molecule has 0 saturated carbocycles. The zero-order chi connectivity index (χ0) is 13.3. The second-order valence-electron chi connectivity index (χ2n) is 4.04. The number of halogens is 4. The fourth-order valence-corrected chi connectivity index (χ4v) is 2.99. The Morgan fingerprint density at radius 2 is 1.83 bits per heavy atom. The minimum atomic E-state index is -0.220. The standard InChI is InChI=1S/C14H10BrCl2F/c1-8-2-3-9(6-13(8)18)14(15)11-5-4-10(16)7-12(11)17/h2-7,14H,1H3. The van der Waals surface area contributed by atoms with E-state index in [1.54, 1.807) is 25.1 Å². The van der Waals surface area contributed by atoms with Gasteiger partial charge in [-0.05, 0) is 41.8 Å². The maximum atomic E-state index is 13.5. The van der Waals surface area contributed by atoms with Gasteiger partial charge in [0, 0.05) is 10.0 Å². The van der Waals surface area contributed by atoms with Crippen molar-refractivity contribution in [3.63, 3.8) is 0 Å². The van der Waals surface area contributed by atoms with E-state index in [9.17, 15) is 4.39 Å². The first kappa shape index (κ1) is 13.9. The number of hydrogen-bond acceptors (Lipinski definition) is 0. The molecule has 0 aliphatic heterocycles. The first-order valence-corrected chi connectivity index (χ1v) is 7.01. The Bertz CT molecular complexity index is 584. The van der Waals surface area contributed by atoms with Gasteiger partial charge >= 0.3 is 0 Å². The zero-order valence-corrected chi connectivity index (χ0v) is 12.7. The van der Waals surface area contributed by atoms with Crippen molar-refractivity contribution in [1.29, 1.82) is 0 Å². The van der Waals surface area contributed by atoms with E-state index in [-0.39, 0.29) is 10.6 Å². The predicted molar refractivity (Wildman–Crippen MR) is 78.4 cm³/mol. The Morgan fingerprint density at radius 3 is 2.44 bits per heavy atom. The van der Waals surface area contributed by atoms with Crippen molar-refractivity contribution in [2.75, 3.05) is 0 Å². The van der Waals surface area contributed by atoms with Crippen molar-refractivity contribution >= 4 is 39.1 Å². The van der Waals surface area contributed by atoms with Gasteiger partial charge in [0.2, 0.25) is 0 Å². The van der Waals surface area contributed by atoms with Gasteiger partial charge in [-0.1, -0.05) is 57.3 Å². The molecular weight excluding hydrogens is 338 g/mol. The maximum Gasteiger partial charge on any atom is 0.126 e. The highest BCUT2D eigenvalue weighted by Gasteiger charge is 2.15. The fourth-order valence-electron chi connectivity index (χ4n) is 1.65. The van der Waals surface area contributed by atoms with Crippen molar-refractivity contribution in [2.24, 2.45) is 0 Å². The van der Waals surface area contributed by atoms with E-state index < -0.39 is 0 Å². The second-order valence-corrected chi connectivity index (χ2v) is 5.80. The molecule has 2 aromatic carbocycles. The van der Waals surface area contributed by atoms with E-state index in [0.29, 0.717) is 15.6 Å². The third-order valence-electron chi connectivity index (χ3n) is 2.72. The summed E-state index contributed by atoms with van der Waals surface area (Å²) < 4.78 is 13.5. The quantitative estimate of drug-likeness (QED) is 0.591. The topological polar surface area (TPSA) is 0 Å². The average Bonchev–Trinajstić information content (AvgIpc) is 2.32. The molecular formula is C14H10BrCl2F. The molecule has 0 aliphatic carbocycles. The highest BCUT2D eigenvalue weighted by Crippen LogP contribution is 2.36. The SMILES string of the molecule is Cc1ccc(C(Br)c2ccc(Cl)cc2Cl)cc1F. The normalized spacial score (nSPS) is 12.5. The Kier molecular flexibility index (Phi) is 4.31. The van der Waals surface area contributed by atoms with Crippen LogP contribution in [-0.4, -0.2) is 0 Å². The van der Waals surface area contributed by atoms with Crippen LogP contribution in [0.5, 0.6) is 0 Å². The molecule has 1 atom stereocenters. The van der Waals surface area contributed by atoms with Crippen LogP contribution < -0.4 is 0 Å². The van der Waals surface area contributed by atoms with Crippen LogP contribution in [0.2, 0.25) is 10.0 Å². The minimum absolute atomic E-state index is 0.155. The van der Waals surface area contributed by atoms with Crippen LogP contribution in [0.4, 0.5) is 4.39 Å².